The van der Waals surface area contributed by atoms with Crippen LogP contribution in [0.5, 0.6) is 0 Å². The minimum Gasteiger partial charge on any atom is -0.412 e. The lowest BCUT2D eigenvalue weighted by Gasteiger charge is -1.76. The monoisotopic (exact) mass is 162 g/mol. The minimum atomic E-state index is 0. The molecule has 0 bridgehead atoms. The molecule has 0 saturated carbocycles. The Labute approximate surface area is 68.0 Å². The Morgan fingerprint density at radius 2 is 0.818 bits per heavy atom. The Hall–Kier alpha value is -0.120. The summed E-state index contributed by atoms with van der Waals surface area (Å²) in [5, 5.41) is 0. The van der Waals surface area contributed by atoms with Crippen LogP contribution in [0.1, 0.15) is 25.7 Å². The molecule has 2 N–H and O–H groups in total. The molecule has 0 atom stereocenters. The van der Waals surface area contributed by atoms with Crippen molar-refractivity contribution in [3.8, 4) is 0 Å². The molecule has 0 radical (unpaired) electrons. The number of ether oxygens (including phenoxy) is 2. The molecule has 11 heavy (non-hydrogen) atoms. The van der Waals surface area contributed by atoms with Crippen molar-refractivity contribution < 1.29 is 14.9 Å². The molecular weight excluding hydrogens is 144 g/mol. The van der Waals surface area contributed by atoms with Gasteiger partial charge in [0.15, 0.2) is 0 Å². The second-order valence-electron chi connectivity index (χ2n) is 2.64. The number of rotatable bonds is 0. The summed E-state index contributed by atoms with van der Waals surface area (Å²) in [4.78, 5) is 0. The molecule has 0 unspecified atom stereocenters. The minimum absolute atomic E-state index is 0. The van der Waals surface area contributed by atoms with Gasteiger partial charge in [-0.05, 0) is 25.7 Å². The van der Waals surface area contributed by atoms with E-state index < -0.39 is 0 Å². The third-order valence-corrected chi connectivity index (χ3v) is 1.65. The van der Waals surface area contributed by atoms with Crippen molar-refractivity contribution in [2.75, 3.05) is 26.4 Å². The van der Waals surface area contributed by atoms with Gasteiger partial charge in [0.1, 0.15) is 0 Å². The van der Waals surface area contributed by atoms with Gasteiger partial charge in [-0.2, -0.15) is 0 Å². The highest BCUT2D eigenvalue weighted by atomic mass is 16.5. The number of hydrogen-bond acceptors (Lipinski definition) is 2. The van der Waals surface area contributed by atoms with E-state index in [1.807, 2.05) is 0 Å². The van der Waals surface area contributed by atoms with Crippen molar-refractivity contribution in [1.29, 1.82) is 0 Å². The molecular formula is C8H18O3. The Morgan fingerprint density at radius 1 is 0.545 bits per heavy atom. The number of hydrogen-bond donors (Lipinski definition) is 0. The molecule has 68 valence electrons. The molecule has 2 aliphatic rings. The second kappa shape index (κ2) is 7.98. The zero-order chi connectivity index (χ0) is 7.07. The van der Waals surface area contributed by atoms with E-state index in [0.29, 0.717) is 0 Å². The first kappa shape index (κ1) is 10.9. The van der Waals surface area contributed by atoms with Gasteiger partial charge in [-0.1, -0.05) is 0 Å². The van der Waals surface area contributed by atoms with Gasteiger partial charge in [-0.25, -0.2) is 0 Å². The lowest BCUT2D eigenvalue weighted by molar-refractivity contribution is 0.198. The van der Waals surface area contributed by atoms with Gasteiger partial charge < -0.3 is 14.9 Å². The molecule has 0 aliphatic carbocycles. The fraction of sp³-hybridized carbons (Fsp3) is 1.00. The average Bonchev–Trinajstić information content (AvgIpc) is 2.67. The molecule has 2 saturated heterocycles. The maximum Gasteiger partial charge on any atom is 0.0466 e. The van der Waals surface area contributed by atoms with Crippen LogP contribution in [0.25, 0.3) is 0 Å². The first-order chi connectivity index (χ1) is 5.00. The molecule has 0 aromatic heterocycles. The highest BCUT2D eigenvalue weighted by Crippen LogP contribution is 1.98. The average molecular weight is 162 g/mol. The van der Waals surface area contributed by atoms with E-state index in [1.165, 1.54) is 25.7 Å². The molecule has 3 heteroatoms. The van der Waals surface area contributed by atoms with E-state index in [-0.39, 0.29) is 5.48 Å². The SMILES string of the molecule is C1CCOC1.C1CCOC1.O. The maximum atomic E-state index is 4.94. The fourth-order valence-corrected chi connectivity index (χ4v) is 1.02. The third kappa shape index (κ3) is 6.28. The maximum absolute atomic E-state index is 4.94. The van der Waals surface area contributed by atoms with Gasteiger partial charge in [0, 0.05) is 26.4 Å². The lowest BCUT2D eigenvalue weighted by Crippen LogP contribution is -1.74. The summed E-state index contributed by atoms with van der Waals surface area (Å²) in [5.74, 6) is 0. The van der Waals surface area contributed by atoms with Gasteiger partial charge >= 0.3 is 0 Å². The highest BCUT2D eigenvalue weighted by molar-refractivity contribution is 4.44. The summed E-state index contributed by atoms with van der Waals surface area (Å²) in [5.41, 5.74) is 0. The zero-order valence-electron chi connectivity index (χ0n) is 6.97. The predicted molar refractivity (Wildman–Crippen MR) is 43.7 cm³/mol. The molecule has 0 spiro atoms. The first-order valence-corrected chi connectivity index (χ1v) is 4.15. The third-order valence-electron chi connectivity index (χ3n) is 1.65. The molecule has 2 heterocycles. The summed E-state index contributed by atoms with van der Waals surface area (Å²) >= 11 is 0. The van der Waals surface area contributed by atoms with Crippen molar-refractivity contribution >= 4 is 0 Å². The van der Waals surface area contributed by atoms with Gasteiger partial charge in [-0.3, -0.25) is 0 Å². The largest absolute Gasteiger partial charge is 0.412 e. The Balaban J connectivity index is 0.000000167. The first-order valence-electron chi connectivity index (χ1n) is 4.15. The van der Waals surface area contributed by atoms with Gasteiger partial charge in [0.25, 0.3) is 0 Å². The van der Waals surface area contributed by atoms with E-state index in [0.717, 1.165) is 26.4 Å². The Bertz CT molecular complexity index is 42.5. The Morgan fingerprint density at radius 3 is 0.909 bits per heavy atom. The van der Waals surface area contributed by atoms with Crippen LogP contribution in [-0.4, -0.2) is 31.9 Å². The molecule has 2 fully saturated rings. The summed E-state index contributed by atoms with van der Waals surface area (Å²) in [6.45, 7) is 4.00. The van der Waals surface area contributed by atoms with Crippen LogP contribution in [0, 0.1) is 0 Å². The van der Waals surface area contributed by atoms with Crippen LogP contribution >= 0.6 is 0 Å². The molecule has 0 amide bonds. The lowest BCUT2D eigenvalue weighted by atomic mass is 10.4. The zero-order valence-corrected chi connectivity index (χ0v) is 6.97. The van der Waals surface area contributed by atoms with Crippen LogP contribution in [0.4, 0.5) is 0 Å². The topological polar surface area (TPSA) is 50.0 Å². The smallest absolute Gasteiger partial charge is 0.0466 e. The van der Waals surface area contributed by atoms with Crippen LogP contribution < -0.4 is 0 Å². The predicted octanol–water partition coefficient (Wildman–Crippen LogP) is 0.769. The van der Waals surface area contributed by atoms with Gasteiger partial charge in [0.2, 0.25) is 0 Å². The Kier molecular flexibility index (Phi) is 7.89. The van der Waals surface area contributed by atoms with E-state index in [2.05, 4.69) is 0 Å². The van der Waals surface area contributed by atoms with Gasteiger partial charge in [0.05, 0.1) is 0 Å². The molecule has 2 rings (SSSR count). The highest BCUT2D eigenvalue weighted by Gasteiger charge is 1.95. The van der Waals surface area contributed by atoms with Gasteiger partial charge in [-0.15, -0.1) is 0 Å². The van der Waals surface area contributed by atoms with E-state index in [9.17, 15) is 0 Å². The quantitative estimate of drug-likeness (QED) is 0.528. The molecule has 2 aliphatic heterocycles. The summed E-state index contributed by atoms with van der Waals surface area (Å²) < 4.78 is 9.89. The van der Waals surface area contributed by atoms with Crippen LogP contribution in [0.15, 0.2) is 0 Å². The van der Waals surface area contributed by atoms with Crippen molar-refractivity contribution in [1.82, 2.24) is 0 Å². The van der Waals surface area contributed by atoms with Crippen molar-refractivity contribution in [2.24, 2.45) is 0 Å². The standard InChI is InChI=1S/2C4H8O.H2O/c2*1-2-4-5-3-1;/h2*1-4H2;1H2. The van der Waals surface area contributed by atoms with E-state index >= 15 is 0 Å². The van der Waals surface area contributed by atoms with E-state index in [1.54, 1.807) is 0 Å². The van der Waals surface area contributed by atoms with Crippen LogP contribution in [-0.2, 0) is 9.47 Å². The summed E-state index contributed by atoms with van der Waals surface area (Å²) in [6.07, 6.45) is 5.11. The van der Waals surface area contributed by atoms with Crippen molar-refractivity contribution in [2.45, 2.75) is 25.7 Å². The van der Waals surface area contributed by atoms with Crippen molar-refractivity contribution in [3.05, 3.63) is 0 Å². The second-order valence-corrected chi connectivity index (χ2v) is 2.64. The van der Waals surface area contributed by atoms with E-state index in [4.69, 9.17) is 9.47 Å². The summed E-state index contributed by atoms with van der Waals surface area (Å²) in [6, 6.07) is 0. The fourth-order valence-electron chi connectivity index (χ4n) is 1.02. The van der Waals surface area contributed by atoms with Crippen molar-refractivity contribution in [3.63, 3.8) is 0 Å². The molecule has 3 nitrogen and oxygen atoms in total. The van der Waals surface area contributed by atoms with Crippen LogP contribution in [0.2, 0.25) is 0 Å². The molecule has 0 aromatic rings. The van der Waals surface area contributed by atoms with Crippen LogP contribution in [0.3, 0.4) is 0 Å². The normalized spacial score (nSPS) is 21.8. The summed E-state index contributed by atoms with van der Waals surface area (Å²) in [7, 11) is 0. The molecule has 0 aromatic carbocycles.